The lowest BCUT2D eigenvalue weighted by Gasteiger charge is -2.10. The summed E-state index contributed by atoms with van der Waals surface area (Å²) in [5, 5.41) is 4.83. The molecule has 0 saturated carbocycles. The molecule has 2 heterocycles. The molecule has 1 unspecified atom stereocenters. The van der Waals surface area contributed by atoms with Gasteiger partial charge in [-0.1, -0.05) is 0 Å². The number of aromatic nitrogens is 3. The summed E-state index contributed by atoms with van der Waals surface area (Å²) >= 11 is 0. The summed E-state index contributed by atoms with van der Waals surface area (Å²) in [5.41, 5.74) is 1.19. The molecule has 22 heavy (non-hydrogen) atoms. The van der Waals surface area contributed by atoms with Gasteiger partial charge in [-0.2, -0.15) is 5.10 Å². The van der Waals surface area contributed by atoms with Gasteiger partial charge in [0.25, 0.3) is 0 Å². The molecule has 1 aromatic carbocycles. The van der Waals surface area contributed by atoms with E-state index in [1.54, 1.807) is 38.2 Å². The van der Waals surface area contributed by atoms with E-state index in [1.165, 1.54) is 16.9 Å². The first kappa shape index (κ1) is 14.6. The van der Waals surface area contributed by atoms with E-state index in [0.29, 0.717) is 16.1 Å². The number of hydrogen-bond acceptors (Lipinski definition) is 4. The summed E-state index contributed by atoms with van der Waals surface area (Å²) in [6, 6.07) is 6.44. The minimum atomic E-state index is -2.84. The third kappa shape index (κ3) is 2.48. The standard InChI is InChI=1S/C15H15FN4OS/c1-10(2)22(17,21)14-3-4-15-11(5-14)9-20(19-15)13-6-12(16)7-18-8-13/h3-10,17H,1-2H3. The van der Waals surface area contributed by atoms with Gasteiger partial charge in [-0.3, -0.25) is 4.98 Å². The average Bonchev–Trinajstić information content (AvgIpc) is 2.90. The van der Waals surface area contributed by atoms with Crippen LogP contribution in [-0.4, -0.2) is 24.2 Å². The molecule has 114 valence electrons. The Labute approximate surface area is 127 Å². The Morgan fingerprint density at radius 2 is 2.05 bits per heavy atom. The van der Waals surface area contributed by atoms with Gasteiger partial charge < -0.3 is 0 Å². The average molecular weight is 318 g/mol. The number of rotatable bonds is 3. The Hall–Kier alpha value is -2.28. The Kier molecular flexibility index (Phi) is 3.44. The molecule has 0 fully saturated rings. The molecular weight excluding hydrogens is 303 g/mol. The van der Waals surface area contributed by atoms with E-state index < -0.39 is 15.5 Å². The molecule has 0 aliphatic carbocycles. The van der Waals surface area contributed by atoms with Crippen LogP contribution in [0.25, 0.3) is 16.6 Å². The van der Waals surface area contributed by atoms with Crippen LogP contribution in [0, 0.1) is 10.6 Å². The Balaban J connectivity index is 2.12. The second-order valence-electron chi connectivity index (χ2n) is 5.31. The zero-order chi connectivity index (χ0) is 15.9. The number of halogens is 1. The summed E-state index contributed by atoms with van der Waals surface area (Å²) in [5.74, 6) is -0.438. The molecule has 3 rings (SSSR count). The number of pyridine rings is 1. The van der Waals surface area contributed by atoms with E-state index in [-0.39, 0.29) is 5.25 Å². The maximum atomic E-state index is 13.3. The first-order valence-corrected chi connectivity index (χ1v) is 8.38. The van der Waals surface area contributed by atoms with Gasteiger partial charge in [-0.15, -0.1) is 0 Å². The van der Waals surface area contributed by atoms with Crippen molar-refractivity contribution in [3.8, 4) is 5.69 Å². The van der Waals surface area contributed by atoms with Crippen LogP contribution >= 0.6 is 0 Å². The first-order chi connectivity index (χ1) is 10.4. The maximum absolute atomic E-state index is 13.3. The fraction of sp³-hybridized carbons (Fsp3) is 0.200. The van der Waals surface area contributed by atoms with E-state index >= 15 is 0 Å². The molecule has 1 atom stereocenters. The lowest BCUT2D eigenvalue weighted by Crippen LogP contribution is -2.12. The van der Waals surface area contributed by atoms with E-state index in [4.69, 9.17) is 4.78 Å². The van der Waals surface area contributed by atoms with Gasteiger partial charge in [0.2, 0.25) is 0 Å². The molecule has 1 N–H and O–H groups in total. The van der Waals surface area contributed by atoms with E-state index in [9.17, 15) is 8.60 Å². The third-order valence-corrected chi connectivity index (χ3v) is 5.73. The number of benzene rings is 1. The van der Waals surface area contributed by atoms with E-state index in [2.05, 4.69) is 10.1 Å². The van der Waals surface area contributed by atoms with Crippen molar-refractivity contribution >= 4 is 20.6 Å². The maximum Gasteiger partial charge on any atom is 0.143 e. The molecule has 0 saturated heterocycles. The Morgan fingerprint density at radius 1 is 1.27 bits per heavy atom. The highest BCUT2D eigenvalue weighted by atomic mass is 32.2. The SMILES string of the molecule is CC(C)S(=N)(=O)c1ccc2nn(-c3cncc(F)c3)cc2c1. The third-order valence-electron chi connectivity index (χ3n) is 3.44. The number of nitrogens with one attached hydrogen (secondary N) is 1. The van der Waals surface area contributed by atoms with Crippen LogP contribution in [0.1, 0.15) is 13.8 Å². The number of nitrogens with zero attached hydrogens (tertiary/aromatic N) is 3. The molecule has 0 aliphatic heterocycles. The van der Waals surface area contributed by atoms with Gasteiger partial charge in [-0.25, -0.2) is 18.1 Å². The number of fused-ring (bicyclic) bond motifs is 1. The number of hydrogen-bond donors (Lipinski definition) is 1. The van der Waals surface area contributed by atoms with Gasteiger partial charge in [0.15, 0.2) is 0 Å². The molecule has 0 aliphatic rings. The highest BCUT2D eigenvalue weighted by Crippen LogP contribution is 2.23. The monoisotopic (exact) mass is 318 g/mol. The van der Waals surface area contributed by atoms with Crippen LogP contribution in [0.2, 0.25) is 0 Å². The summed E-state index contributed by atoms with van der Waals surface area (Å²) in [7, 11) is -2.84. The van der Waals surface area contributed by atoms with Gasteiger partial charge in [-0.05, 0) is 32.0 Å². The summed E-state index contributed by atoms with van der Waals surface area (Å²) in [4.78, 5) is 4.28. The summed E-state index contributed by atoms with van der Waals surface area (Å²) in [6.45, 7) is 3.53. The lowest BCUT2D eigenvalue weighted by molar-refractivity contribution is 0.618. The molecule has 5 nitrogen and oxygen atoms in total. The van der Waals surface area contributed by atoms with Crippen molar-refractivity contribution in [1.82, 2.24) is 14.8 Å². The van der Waals surface area contributed by atoms with Gasteiger partial charge in [0, 0.05) is 27.8 Å². The highest BCUT2D eigenvalue weighted by Gasteiger charge is 2.16. The second-order valence-corrected chi connectivity index (χ2v) is 7.92. The van der Waals surface area contributed by atoms with Gasteiger partial charge >= 0.3 is 0 Å². The second kappa shape index (κ2) is 5.17. The first-order valence-electron chi connectivity index (χ1n) is 6.76. The van der Waals surface area contributed by atoms with Crippen molar-refractivity contribution in [3.05, 3.63) is 48.7 Å². The van der Waals surface area contributed by atoms with Crippen LogP contribution < -0.4 is 0 Å². The highest BCUT2D eigenvalue weighted by molar-refractivity contribution is 7.93. The molecule has 7 heteroatoms. The molecule has 0 spiro atoms. The predicted molar refractivity (Wildman–Crippen MR) is 83.1 cm³/mol. The minimum absolute atomic E-state index is 0.271. The van der Waals surface area contributed by atoms with Crippen molar-refractivity contribution in [2.24, 2.45) is 0 Å². The van der Waals surface area contributed by atoms with Gasteiger partial charge in [0.1, 0.15) is 5.82 Å². The summed E-state index contributed by atoms with van der Waals surface area (Å²) < 4.78 is 35.2. The van der Waals surface area contributed by atoms with Crippen LogP contribution in [0.15, 0.2) is 47.8 Å². The van der Waals surface area contributed by atoms with Crippen LogP contribution in [0.3, 0.4) is 0 Å². The Morgan fingerprint density at radius 3 is 2.73 bits per heavy atom. The van der Waals surface area contributed by atoms with Crippen LogP contribution in [-0.2, 0) is 9.73 Å². The van der Waals surface area contributed by atoms with E-state index in [0.717, 1.165) is 11.6 Å². The molecular formula is C15H15FN4OS. The van der Waals surface area contributed by atoms with E-state index in [1.807, 2.05) is 0 Å². The zero-order valence-corrected chi connectivity index (χ0v) is 13.0. The van der Waals surface area contributed by atoms with Gasteiger partial charge in [0.05, 0.1) is 33.3 Å². The summed E-state index contributed by atoms with van der Waals surface area (Å²) in [6.07, 6.45) is 4.35. The fourth-order valence-electron chi connectivity index (χ4n) is 2.12. The molecule has 0 amide bonds. The quantitative estimate of drug-likeness (QED) is 0.804. The molecule has 0 bridgehead atoms. The smallest absolute Gasteiger partial charge is 0.143 e. The van der Waals surface area contributed by atoms with Crippen molar-refractivity contribution in [2.45, 2.75) is 24.0 Å². The van der Waals surface area contributed by atoms with Crippen molar-refractivity contribution in [2.75, 3.05) is 0 Å². The van der Waals surface area contributed by atoms with Crippen LogP contribution in [0.5, 0.6) is 0 Å². The largest absolute Gasteiger partial charge is 0.259 e. The normalized spacial score (nSPS) is 14.4. The zero-order valence-electron chi connectivity index (χ0n) is 12.2. The molecule has 0 radical (unpaired) electrons. The topological polar surface area (TPSA) is 71.6 Å². The van der Waals surface area contributed by atoms with Crippen molar-refractivity contribution < 1.29 is 8.60 Å². The predicted octanol–water partition coefficient (Wildman–Crippen LogP) is 3.37. The minimum Gasteiger partial charge on any atom is -0.259 e. The molecule has 2 aromatic heterocycles. The van der Waals surface area contributed by atoms with Crippen molar-refractivity contribution in [3.63, 3.8) is 0 Å². The lowest BCUT2D eigenvalue weighted by atomic mass is 10.3. The Bertz CT molecular complexity index is 947. The fourth-order valence-corrected chi connectivity index (χ4v) is 3.24. The van der Waals surface area contributed by atoms with Crippen LogP contribution in [0.4, 0.5) is 4.39 Å². The van der Waals surface area contributed by atoms with Crippen molar-refractivity contribution in [1.29, 1.82) is 4.78 Å². The molecule has 3 aromatic rings.